The number of thiophene rings is 1. The highest BCUT2D eigenvalue weighted by Crippen LogP contribution is 2.34. The normalized spacial score (nSPS) is 10.7. The van der Waals surface area contributed by atoms with Crippen molar-refractivity contribution in [2.45, 2.75) is 29.7 Å². The minimum absolute atomic E-state index is 0.0438. The van der Waals surface area contributed by atoms with Crippen LogP contribution >= 0.6 is 34.9 Å². The van der Waals surface area contributed by atoms with E-state index in [2.05, 4.69) is 39.8 Å². The monoisotopic (exact) mass is 520 g/mol. The molecule has 0 aliphatic carbocycles. The van der Waals surface area contributed by atoms with Crippen molar-refractivity contribution in [3.8, 4) is 0 Å². The third-order valence-corrected chi connectivity index (χ3v) is 8.02. The molecule has 180 valence electrons. The molecule has 2 aromatic heterocycles. The number of methoxy groups -OCH3 is 2. The third kappa shape index (κ3) is 5.99. The number of aromatic nitrogens is 3. The number of esters is 2. The number of nitrogens with zero attached hydrogens (tertiary/aromatic N) is 3. The van der Waals surface area contributed by atoms with Crippen LogP contribution in [0, 0.1) is 13.8 Å². The van der Waals surface area contributed by atoms with Crippen LogP contribution in [0.3, 0.4) is 0 Å². The minimum Gasteiger partial charge on any atom is -0.465 e. The first-order valence-corrected chi connectivity index (χ1v) is 12.8. The molecule has 1 N–H and O–H groups in total. The first-order valence-electron chi connectivity index (χ1n) is 10.1. The summed E-state index contributed by atoms with van der Waals surface area (Å²) in [6.07, 6.45) is 0. The number of amides is 1. The van der Waals surface area contributed by atoms with Crippen LogP contribution in [-0.2, 0) is 27.1 Å². The maximum Gasteiger partial charge on any atom is 0.348 e. The van der Waals surface area contributed by atoms with Crippen LogP contribution < -0.4 is 5.32 Å². The zero-order chi connectivity index (χ0) is 24.8. The molecule has 1 amide bonds. The number of nitrogens with one attached hydrogen (secondary N) is 1. The van der Waals surface area contributed by atoms with Crippen molar-refractivity contribution in [2.24, 2.45) is 7.05 Å². The van der Waals surface area contributed by atoms with Gasteiger partial charge in [-0.05, 0) is 31.5 Å². The van der Waals surface area contributed by atoms with E-state index in [-0.39, 0.29) is 27.1 Å². The average Bonchev–Trinajstić information content (AvgIpc) is 3.35. The molecule has 0 saturated carbocycles. The lowest BCUT2D eigenvalue weighted by atomic mass is 10.1. The van der Waals surface area contributed by atoms with Crippen LogP contribution in [0.5, 0.6) is 0 Å². The Morgan fingerprint density at radius 2 is 1.71 bits per heavy atom. The van der Waals surface area contributed by atoms with Crippen molar-refractivity contribution in [3.05, 3.63) is 51.7 Å². The Labute approximate surface area is 209 Å². The van der Waals surface area contributed by atoms with Crippen LogP contribution in [0.15, 0.2) is 34.3 Å². The Hall–Kier alpha value is -2.83. The van der Waals surface area contributed by atoms with Gasteiger partial charge in [-0.2, -0.15) is 0 Å². The van der Waals surface area contributed by atoms with E-state index in [9.17, 15) is 14.4 Å². The van der Waals surface area contributed by atoms with Gasteiger partial charge in [0.2, 0.25) is 5.91 Å². The smallest absolute Gasteiger partial charge is 0.348 e. The van der Waals surface area contributed by atoms with Gasteiger partial charge in [-0.3, -0.25) is 4.79 Å². The summed E-state index contributed by atoms with van der Waals surface area (Å²) in [4.78, 5) is 38.2. The van der Waals surface area contributed by atoms with Crippen LogP contribution in [0.1, 0.15) is 37.0 Å². The lowest BCUT2D eigenvalue weighted by molar-refractivity contribution is -0.113. The highest BCUT2D eigenvalue weighted by molar-refractivity contribution is 7.99. The molecule has 2 heterocycles. The summed E-state index contributed by atoms with van der Waals surface area (Å²) >= 11 is 3.86. The molecule has 0 radical (unpaired) electrons. The van der Waals surface area contributed by atoms with Gasteiger partial charge in [-0.15, -0.1) is 33.3 Å². The molecule has 0 aliphatic heterocycles. The molecule has 0 atom stereocenters. The predicted molar refractivity (Wildman–Crippen MR) is 133 cm³/mol. The molecular weight excluding hydrogens is 496 g/mol. The van der Waals surface area contributed by atoms with Crippen LogP contribution in [-0.4, -0.2) is 52.6 Å². The lowest BCUT2D eigenvalue weighted by Crippen LogP contribution is -2.16. The number of carbonyl (C=O) groups excluding carboxylic acids is 3. The summed E-state index contributed by atoms with van der Waals surface area (Å²) in [5.41, 5.74) is 1.74. The largest absolute Gasteiger partial charge is 0.465 e. The molecule has 0 aliphatic rings. The SMILES string of the molecule is COC(=O)c1sc(NC(=O)CSc2nnc(CSc3ccc(C)cc3)n2C)c(C(=O)OC)c1C. The van der Waals surface area contributed by atoms with Gasteiger partial charge in [-0.25, -0.2) is 9.59 Å². The minimum atomic E-state index is -0.643. The topological polar surface area (TPSA) is 112 Å². The predicted octanol–water partition coefficient (Wildman–Crippen LogP) is 4.09. The number of thioether (sulfide) groups is 2. The van der Waals surface area contributed by atoms with Gasteiger partial charge < -0.3 is 19.4 Å². The maximum absolute atomic E-state index is 12.6. The van der Waals surface area contributed by atoms with E-state index in [0.29, 0.717) is 16.5 Å². The summed E-state index contributed by atoms with van der Waals surface area (Å²) in [6.45, 7) is 3.65. The summed E-state index contributed by atoms with van der Waals surface area (Å²) < 4.78 is 11.4. The number of benzene rings is 1. The molecule has 0 bridgehead atoms. The maximum atomic E-state index is 12.6. The molecule has 3 aromatic rings. The van der Waals surface area contributed by atoms with Crippen molar-refractivity contribution in [2.75, 3.05) is 25.3 Å². The van der Waals surface area contributed by atoms with Gasteiger partial charge in [-0.1, -0.05) is 29.5 Å². The summed E-state index contributed by atoms with van der Waals surface area (Å²) in [6, 6.07) is 8.26. The van der Waals surface area contributed by atoms with E-state index < -0.39 is 11.9 Å². The van der Waals surface area contributed by atoms with Gasteiger partial charge in [0.25, 0.3) is 0 Å². The molecule has 0 fully saturated rings. The molecule has 0 unspecified atom stereocenters. The number of anilines is 1. The van der Waals surface area contributed by atoms with Gasteiger partial charge in [0.05, 0.1) is 31.3 Å². The van der Waals surface area contributed by atoms with E-state index >= 15 is 0 Å². The fourth-order valence-electron chi connectivity index (χ4n) is 2.91. The Kier molecular flexibility index (Phi) is 8.75. The standard InChI is InChI=1S/C22H24N4O5S3/c1-12-6-8-14(9-7-12)32-10-15-24-25-22(26(15)3)33-11-16(27)23-19-17(20(28)30-4)13(2)18(34-19)21(29)31-5/h6-9H,10-11H2,1-5H3,(H,23,27). The Balaban J connectivity index is 1.64. The second kappa shape index (κ2) is 11.5. The van der Waals surface area contributed by atoms with E-state index in [1.807, 2.05) is 18.5 Å². The van der Waals surface area contributed by atoms with Crippen molar-refractivity contribution in [3.63, 3.8) is 0 Å². The van der Waals surface area contributed by atoms with Crippen molar-refractivity contribution < 1.29 is 23.9 Å². The van der Waals surface area contributed by atoms with Crippen molar-refractivity contribution in [1.82, 2.24) is 14.8 Å². The summed E-state index contributed by atoms with van der Waals surface area (Å²) in [5.74, 6) is -0.104. The molecule has 34 heavy (non-hydrogen) atoms. The van der Waals surface area contributed by atoms with Crippen molar-refractivity contribution >= 4 is 57.7 Å². The van der Waals surface area contributed by atoms with Crippen LogP contribution in [0.4, 0.5) is 5.00 Å². The second-order valence-corrected chi connectivity index (χ2v) is 10.2. The molecule has 12 heteroatoms. The second-order valence-electron chi connectivity index (χ2n) is 7.14. The van der Waals surface area contributed by atoms with Crippen molar-refractivity contribution in [1.29, 1.82) is 0 Å². The fourth-order valence-corrected chi connectivity index (χ4v) is 5.64. The molecule has 0 saturated heterocycles. The first kappa shape index (κ1) is 25.8. The molecular formula is C22H24N4O5S3. The molecule has 3 rings (SSSR count). The lowest BCUT2D eigenvalue weighted by Gasteiger charge is -2.06. The third-order valence-electron chi connectivity index (χ3n) is 4.81. The molecule has 9 nitrogen and oxygen atoms in total. The number of rotatable bonds is 9. The highest BCUT2D eigenvalue weighted by Gasteiger charge is 2.27. The Morgan fingerprint density at radius 1 is 1.03 bits per heavy atom. The van der Waals surface area contributed by atoms with Gasteiger partial charge >= 0.3 is 11.9 Å². The first-order chi connectivity index (χ1) is 16.2. The molecule has 1 aromatic carbocycles. The average molecular weight is 521 g/mol. The zero-order valence-electron chi connectivity index (χ0n) is 19.3. The van der Waals surface area contributed by atoms with E-state index in [1.165, 1.54) is 31.5 Å². The Morgan fingerprint density at radius 3 is 2.35 bits per heavy atom. The van der Waals surface area contributed by atoms with Gasteiger partial charge in [0.1, 0.15) is 15.7 Å². The van der Waals surface area contributed by atoms with Gasteiger partial charge in [0.15, 0.2) is 5.16 Å². The fraction of sp³-hybridized carbons (Fsp3) is 0.318. The summed E-state index contributed by atoms with van der Waals surface area (Å²) in [5, 5.41) is 12.0. The number of aryl methyl sites for hydroxylation is 1. The number of hydrogen-bond donors (Lipinski definition) is 1. The van der Waals surface area contributed by atoms with Crippen LogP contribution in [0.25, 0.3) is 0 Å². The van der Waals surface area contributed by atoms with E-state index in [4.69, 9.17) is 9.47 Å². The number of hydrogen-bond acceptors (Lipinski definition) is 10. The number of ether oxygens (including phenoxy) is 2. The highest BCUT2D eigenvalue weighted by atomic mass is 32.2. The zero-order valence-corrected chi connectivity index (χ0v) is 21.8. The van der Waals surface area contributed by atoms with Gasteiger partial charge in [0, 0.05) is 11.9 Å². The Bertz CT molecular complexity index is 1200. The molecule has 0 spiro atoms. The van der Waals surface area contributed by atoms with E-state index in [0.717, 1.165) is 22.1 Å². The van der Waals surface area contributed by atoms with E-state index in [1.54, 1.807) is 18.7 Å². The van der Waals surface area contributed by atoms with Crippen LogP contribution in [0.2, 0.25) is 0 Å². The number of carbonyl (C=O) groups is 3. The summed E-state index contributed by atoms with van der Waals surface area (Å²) in [7, 11) is 4.34. The quantitative estimate of drug-likeness (QED) is 0.329.